The van der Waals surface area contributed by atoms with E-state index in [1.807, 2.05) is 0 Å². The molecule has 3 nitrogen and oxygen atoms in total. The summed E-state index contributed by atoms with van der Waals surface area (Å²) in [7, 11) is 0. The lowest BCUT2D eigenvalue weighted by Gasteiger charge is -2.11. The first-order valence-electron chi connectivity index (χ1n) is 6.58. The van der Waals surface area contributed by atoms with Gasteiger partial charge in [0, 0.05) is 18.2 Å². The summed E-state index contributed by atoms with van der Waals surface area (Å²) in [5, 5.41) is 4.03. The van der Waals surface area contributed by atoms with E-state index < -0.39 is 5.82 Å². The third-order valence-electron chi connectivity index (χ3n) is 2.74. The lowest BCUT2D eigenvalue weighted by atomic mass is 10.2. The minimum Gasteiger partial charge on any atom is -0.439 e. The van der Waals surface area contributed by atoms with E-state index in [2.05, 4.69) is 17.2 Å². The second-order valence-electron chi connectivity index (χ2n) is 4.47. The Morgan fingerprint density at radius 2 is 2.05 bits per heavy atom. The van der Waals surface area contributed by atoms with Gasteiger partial charge in [-0.25, -0.2) is 9.37 Å². The van der Waals surface area contributed by atoms with Crippen LogP contribution in [0.3, 0.4) is 0 Å². The molecule has 0 aliphatic carbocycles. The Kier molecular flexibility index (Phi) is 5.79. The highest BCUT2D eigenvalue weighted by molar-refractivity contribution is 6.42. The van der Waals surface area contributed by atoms with Crippen molar-refractivity contribution in [3.63, 3.8) is 0 Å². The molecule has 1 aromatic heterocycles. The lowest BCUT2D eigenvalue weighted by molar-refractivity contribution is 0.448. The van der Waals surface area contributed by atoms with Crippen molar-refractivity contribution in [2.24, 2.45) is 0 Å². The Hall–Kier alpha value is -1.36. The van der Waals surface area contributed by atoms with Crippen molar-refractivity contribution in [3.05, 3.63) is 51.9 Å². The minimum atomic E-state index is -0.398. The molecule has 6 heteroatoms. The lowest BCUT2D eigenvalue weighted by Crippen LogP contribution is -2.15. The minimum absolute atomic E-state index is 0.346. The molecule has 0 aliphatic rings. The fourth-order valence-electron chi connectivity index (χ4n) is 1.74. The van der Waals surface area contributed by atoms with Gasteiger partial charge in [0.25, 0.3) is 0 Å². The van der Waals surface area contributed by atoms with Crippen molar-refractivity contribution in [1.29, 1.82) is 0 Å². The Bertz CT molecular complexity index is 623. The maximum Gasteiger partial charge on any atom is 0.223 e. The van der Waals surface area contributed by atoms with Crippen molar-refractivity contribution in [2.45, 2.75) is 19.9 Å². The monoisotopic (exact) mass is 328 g/mol. The van der Waals surface area contributed by atoms with Crippen LogP contribution in [0.4, 0.5) is 4.39 Å². The van der Waals surface area contributed by atoms with Crippen LogP contribution in [0, 0.1) is 5.82 Å². The van der Waals surface area contributed by atoms with Gasteiger partial charge < -0.3 is 10.1 Å². The van der Waals surface area contributed by atoms with Crippen LogP contribution >= 0.6 is 23.2 Å². The first-order chi connectivity index (χ1) is 10.1. The summed E-state index contributed by atoms with van der Waals surface area (Å²) >= 11 is 11.8. The molecule has 0 aliphatic heterocycles. The molecule has 2 rings (SSSR count). The zero-order valence-electron chi connectivity index (χ0n) is 11.5. The fourth-order valence-corrected chi connectivity index (χ4v) is 2.03. The average Bonchev–Trinajstić information content (AvgIpc) is 2.46. The Morgan fingerprint density at radius 1 is 1.24 bits per heavy atom. The highest BCUT2D eigenvalue weighted by Gasteiger charge is 2.09. The predicted octanol–water partition coefficient (Wildman–Crippen LogP) is 4.82. The molecule has 1 heterocycles. The molecule has 0 spiro atoms. The number of rotatable bonds is 6. The molecule has 2 aromatic rings. The SMILES string of the molecule is CCCNCc1cc(F)cnc1Oc1ccc(Cl)c(Cl)c1. The Morgan fingerprint density at radius 3 is 2.76 bits per heavy atom. The van der Waals surface area contributed by atoms with Gasteiger partial charge in [-0.1, -0.05) is 30.1 Å². The summed E-state index contributed by atoms with van der Waals surface area (Å²) in [6, 6.07) is 6.32. The molecular weight excluding hydrogens is 314 g/mol. The molecule has 0 amide bonds. The van der Waals surface area contributed by atoms with Crippen LogP contribution in [-0.4, -0.2) is 11.5 Å². The standard InChI is InChI=1S/C15H15Cl2FN2O/c1-2-5-19-8-10-6-11(18)9-20-15(10)21-12-3-4-13(16)14(17)7-12/h3-4,6-7,9,19H,2,5,8H2,1H3. The van der Waals surface area contributed by atoms with E-state index in [9.17, 15) is 4.39 Å². The number of hydrogen-bond donors (Lipinski definition) is 1. The zero-order valence-corrected chi connectivity index (χ0v) is 13.0. The quantitative estimate of drug-likeness (QED) is 0.772. The van der Waals surface area contributed by atoms with Crippen molar-refractivity contribution in [1.82, 2.24) is 10.3 Å². The predicted molar refractivity (Wildman–Crippen MR) is 82.7 cm³/mol. The number of nitrogens with zero attached hydrogens (tertiary/aromatic N) is 1. The molecule has 0 saturated heterocycles. The van der Waals surface area contributed by atoms with Gasteiger partial charge in [0.2, 0.25) is 5.88 Å². The summed E-state index contributed by atoms with van der Waals surface area (Å²) in [5.41, 5.74) is 0.648. The van der Waals surface area contributed by atoms with Gasteiger partial charge in [-0.3, -0.25) is 0 Å². The largest absolute Gasteiger partial charge is 0.439 e. The number of ether oxygens (including phenoxy) is 1. The van der Waals surface area contributed by atoms with Gasteiger partial charge >= 0.3 is 0 Å². The van der Waals surface area contributed by atoms with Gasteiger partial charge in [0.1, 0.15) is 11.6 Å². The number of pyridine rings is 1. The van der Waals surface area contributed by atoms with Crippen LogP contribution in [0.15, 0.2) is 30.5 Å². The van der Waals surface area contributed by atoms with E-state index >= 15 is 0 Å². The first kappa shape index (κ1) is 16.0. The molecule has 0 fully saturated rings. The van der Waals surface area contributed by atoms with E-state index in [-0.39, 0.29) is 0 Å². The molecule has 0 unspecified atom stereocenters. The van der Waals surface area contributed by atoms with Crippen LogP contribution in [0.25, 0.3) is 0 Å². The molecular formula is C15H15Cl2FN2O. The van der Waals surface area contributed by atoms with E-state index in [0.717, 1.165) is 19.2 Å². The van der Waals surface area contributed by atoms with Crippen LogP contribution in [0.2, 0.25) is 10.0 Å². The van der Waals surface area contributed by atoms with Crippen LogP contribution in [-0.2, 0) is 6.54 Å². The van der Waals surface area contributed by atoms with Gasteiger partial charge in [-0.15, -0.1) is 0 Å². The number of nitrogens with one attached hydrogen (secondary N) is 1. The van der Waals surface area contributed by atoms with Crippen molar-refractivity contribution >= 4 is 23.2 Å². The number of halogens is 3. The fraction of sp³-hybridized carbons (Fsp3) is 0.267. The highest BCUT2D eigenvalue weighted by Crippen LogP contribution is 2.30. The molecule has 21 heavy (non-hydrogen) atoms. The maximum absolute atomic E-state index is 13.3. The summed E-state index contributed by atoms with van der Waals surface area (Å²) in [6.07, 6.45) is 2.11. The topological polar surface area (TPSA) is 34.2 Å². The summed E-state index contributed by atoms with van der Waals surface area (Å²) < 4.78 is 19.0. The van der Waals surface area contributed by atoms with Gasteiger partial charge in [0.15, 0.2) is 0 Å². The average molecular weight is 329 g/mol. The molecule has 0 saturated carbocycles. The van der Waals surface area contributed by atoms with Crippen LogP contribution < -0.4 is 10.1 Å². The van der Waals surface area contributed by atoms with E-state index in [4.69, 9.17) is 27.9 Å². The maximum atomic E-state index is 13.3. The van der Waals surface area contributed by atoms with E-state index in [1.165, 1.54) is 6.07 Å². The molecule has 0 bridgehead atoms. The number of hydrogen-bond acceptors (Lipinski definition) is 3. The molecule has 1 aromatic carbocycles. The van der Waals surface area contributed by atoms with Crippen molar-refractivity contribution in [3.8, 4) is 11.6 Å². The molecule has 1 N–H and O–H groups in total. The molecule has 0 radical (unpaired) electrons. The Labute approximate surface area is 133 Å². The third-order valence-corrected chi connectivity index (χ3v) is 3.48. The first-order valence-corrected chi connectivity index (χ1v) is 7.33. The zero-order chi connectivity index (χ0) is 15.2. The van der Waals surface area contributed by atoms with Gasteiger partial charge in [0.05, 0.1) is 16.2 Å². The number of benzene rings is 1. The van der Waals surface area contributed by atoms with Crippen LogP contribution in [0.1, 0.15) is 18.9 Å². The summed E-state index contributed by atoms with van der Waals surface area (Å²) in [5.74, 6) is 0.448. The molecule has 0 atom stereocenters. The van der Waals surface area contributed by atoms with Gasteiger partial charge in [-0.2, -0.15) is 0 Å². The normalized spacial score (nSPS) is 10.7. The number of aromatic nitrogens is 1. The summed E-state index contributed by atoms with van der Waals surface area (Å²) in [4.78, 5) is 3.99. The van der Waals surface area contributed by atoms with Crippen molar-refractivity contribution in [2.75, 3.05) is 6.54 Å². The van der Waals surface area contributed by atoms with E-state index in [0.29, 0.717) is 33.8 Å². The second kappa shape index (κ2) is 7.59. The third kappa shape index (κ3) is 4.56. The van der Waals surface area contributed by atoms with Crippen molar-refractivity contribution < 1.29 is 9.13 Å². The summed E-state index contributed by atoms with van der Waals surface area (Å²) in [6.45, 7) is 3.38. The second-order valence-corrected chi connectivity index (χ2v) is 5.29. The van der Waals surface area contributed by atoms with E-state index in [1.54, 1.807) is 18.2 Å². The highest BCUT2D eigenvalue weighted by atomic mass is 35.5. The molecule has 112 valence electrons. The Balaban J connectivity index is 2.19. The van der Waals surface area contributed by atoms with Crippen LogP contribution in [0.5, 0.6) is 11.6 Å². The smallest absolute Gasteiger partial charge is 0.223 e. The van der Waals surface area contributed by atoms with Gasteiger partial charge in [-0.05, 0) is 31.2 Å².